The van der Waals surface area contributed by atoms with Gasteiger partial charge in [0, 0.05) is 6.42 Å². The molecule has 0 amide bonds. The molecule has 12 heavy (non-hydrogen) atoms. The molecule has 1 rings (SSSR count). The molecule has 1 heterocycles. The molecule has 0 saturated heterocycles. The van der Waals surface area contributed by atoms with Crippen LogP contribution in [0.5, 0.6) is 0 Å². The number of carbonyl (C=O) groups is 1. The second-order valence-electron chi connectivity index (χ2n) is 2.86. The maximum absolute atomic E-state index is 10.4. The average Bonchev–Trinajstić information content (AvgIpc) is 2.51. The zero-order chi connectivity index (χ0) is 8.97. The number of furan rings is 1. The van der Waals surface area contributed by atoms with Crippen LogP contribution in [0.15, 0.2) is 22.8 Å². The largest absolute Gasteiger partial charge is 0.481 e. The maximum atomic E-state index is 10.4. The molecular formula is C9H12O3. The Balaban J connectivity index is 2.31. The van der Waals surface area contributed by atoms with E-state index in [2.05, 4.69) is 0 Å². The first-order valence-electron chi connectivity index (χ1n) is 3.95. The van der Waals surface area contributed by atoms with Gasteiger partial charge in [0.15, 0.2) is 0 Å². The second-order valence-corrected chi connectivity index (χ2v) is 2.86. The van der Waals surface area contributed by atoms with Gasteiger partial charge in [-0.05, 0) is 18.6 Å². The normalized spacial score (nSPS) is 12.8. The molecule has 0 saturated carbocycles. The first-order chi connectivity index (χ1) is 5.70. The van der Waals surface area contributed by atoms with Crippen molar-refractivity contribution in [3.63, 3.8) is 0 Å². The minimum Gasteiger partial charge on any atom is -0.481 e. The maximum Gasteiger partial charge on any atom is 0.306 e. The van der Waals surface area contributed by atoms with Crippen LogP contribution in [-0.4, -0.2) is 11.1 Å². The average molecular weight is 168 g/mol. The summed E-state index contributed by atoms with van der Waals surface area (Å²) in [6.45, 7) is 1.70. The molecule has 1 atom stereocenters. The van der Waals surface area contributed by atoms with Crippen LogP contribution in [0.1, 0.15) is 19.1 Å². The summed E-state index contributed by atoms with van der Waals surface area (Å²) in [5, 5.41) is 8.58. The Bertz CT molecular complexity index is 238. The van der Waals surface area contributed by atoms with Crippen molar-refractivity contribution in [2.24, 2.45) is 5.92 Å². The van der Waals surface area contributed by atoms with Crippen LogP contribution in [0.4, 0.5) is 0 Å². The third kappa shape index (κ3) is 2.42. The first-order valence-corrected chi connectivity index (χ1v) is 3.95. The van der Waals surface area contributed by atoms with Crippen LogP contribution in [0.25, 0.3) is 0 Å². The Morgan fingerprint density at radius 2 is 2.50 bits per heavy atom. The van der Waals surface area contributed by atoms with Gasteiger partial charge >= 0.3 is 5.97 Å². The van der Waals surface area contributed by atoms with Crippen LogP contribution >= 0.6 is 0 Å². The lowest BCUT2D eigenvalue weighted by molar-refractivity contribution is -0.141. The molecule has 1 N–H and O–H groups in total. The fraction of sp³-hybridized carbons (Fsp3) is 0.444. The van der Waals surface area contributed by atoms with E-state index in [1.54, 1.807) is 19.3 Å². The third-order valence-corrected chi connectivity index (χ3v) is 1.83. The Morgan fingerprint density at radius 1 is 1.75 bits per heavy atom. The van der Waals surface area contributed by atoms with E-state index in [-0.39, 0.29) is 5.92 Å². The van der Waals surface area contributed by atoms with Crippen LogP contribution in [0.2, 0.25) is 0 Å². The molecule has 0 bridgehead atoms. The summed E-state index contributed by atoms with van der Waals surface area (Å²) in [5.41, 5.74) is 0. The van der Waals surface area contributed by atoms with Gasteiger partial charge in [0.05, 0.1) is 12.2 Å². The fourth-order valence-corrected chi connectivity index (χ4v) is 0.937. The van der Waals surface area contributed by atoms with E-state index in [9.17, 15) is 4.79 Å². The zero-order valence-corrected chi connectivity index (χ0v) is 6.99. The van der Waals surface area contributed by atoms with Crippen molar-refractivity contribution in [1.29, 1.82) is 0 Å². The molecule has 3 heteroatoms. The van der Waals surface area contributed by atoms with E-state index in [0.717, 1.165) is 5.76 Å². The van der Waals surface area contributed by atoms with Gasteiger partial charge in [0.25, 0.3) is 0 Å². The standard InChI is InChI=1S/C9H12O3/c1-7(9(10)11)4-5-8-3-2-6-12-8/h2-3,6-7H,4-5H2,1H3,(H,10,11). The molecule has 0 aliphatic rings. The highest BCUT2D eigenvalue weighted by atomic mass is 16.4. The number of carboxylic acid groups (broad SMARTS) is 1. The fourth-order valence-electron chi connectivity index (χ4n) is 0.937. The molecule has 0 aliphatic carbocycles. The van der Waals surface area contributed by atoms with Crippen molar-refractivity contribution in [3.8, 4) is 0 Å². The van der Waals surface area contributed by atoms with E-state index in [1.165, 1.54) is 0 Å². The van der Waals surface area contributed by atoms with Crippen molar-refractivity contribution < 1.29 is 14.3 Å². The molecule has 3 nitrogen and oxygen atoms in total. The lowest BCUT2D eigenvalue weighted by atomic mass is 10.1. The molecule has 0 fully saturated rings. The molecule has 0 aliphatic heterocycles. The third-order valence-electron chi connectivity index (χ3n) is 1.83. The Hall–Kier alpha value is -1.25. The smallest absolute Gasteiger partial charge is 0.306 e. The van der Waals surface area contributed by atoms with Crippen molar-refractivity contribution in [1.82, 2.24) is 0 Å². The van der Waals surface area contributed by atoms with Crippen LogP contribution < -0.4 is 0 Å². The van der Waals surface area contributed by atoms with Crippen LogP contribution in [0.3, 0.4) is 0 Å². The summed E-state index contributed by atoms with van der Waals surface area (Å²) >= 11 is 0. The number of carboxylic acids is 1. The predicted molar refractivity (Wildman–Crippen MR) is 43.8 cm³/mol. The van der Waals surface area contributed by atoms with Gasteiger partial charge in [-0.3, -0.25) is 4.79 Å². The lowest BCUT2D eigenvalue weighted by Gasteiger charge is -2.02. The van der Waals surface area contributed by atoms with Gasteiger partial charge in [0.2, 0.25) is 0 Å². The number of aryl methyl sites for hydroxylation is 1. The summed E-state index contributed by atoms with van der Waals surface area (Å²) in [5.74, 6) is -0.195. The number of hydrogen-bond acceptors (Lipinski definition) is 2. The molecule has 0 aromatic carbocycles. The molecule has 1 aromatic rings. The Labute approximate surface area is 71.0 Å². The van der Waals surface area contributed by atoms with E-state index in [0.29, 0.717) is 12.8 Å². The van der Waals surface area contributed by atoms with Gasteiger partial charge in [-0.1, -0.05) is 6.92 Å². The summed E-state index contributed by atoms with van der Waals surface area (Å²) in [6.07, 6.45) is 2.92. The summed E-state index contributed by atoms with van der Waals surface area (Å²) in [6, 6.07) is 3.66. The SMILES string of the molecule is CC(CCc1ccco1)C(=O)O. The molecule has 1 aromatic heterocycles. The van der Waals surface area contributed by atoms with E-state index >= 15 is 0 Å². The summed E-state index contributed by atoms with van der Waals surface area (Å²) < 4.78 is 5.07. The van der Waals surface area contributed by atoms with Gasteiger partial charge in [-0.25, -0.2) is 0 Å². The quantitative estimate of drug-likeness (QED) is 0.747. The highest BCUT2D eigenvalue weighted by Gasteiger charge is 2.10. The van der Waals surface area contributed by atoms with E-state index in [1.807, 2.05) is 6.07 Å². The Morgan fingerprint density at radius 3 is 3.00 bits per heavy atom. The topological polar surface area (TPSA) is 50.4 Å². The minimum absolute atomic E-state index is 0.296. The molecule has 66 valence electrons. The molecule has 0 radical (unpaired) electrons. The summed E-state index contributed by atoms with van der Waals surface area (Å²) in [4.78, 5) is 10.4. The summed E-state index contributed by atoms with van der Waals surface area (Å²) in [7, 11) is 0. The van der Waals surface area contributed by atoms with Gasteiger partial charge in [0.1, 0.15) is 5.76 Å². The number of rotatable bonds is 4. The molecular weight excluding hydrogens is 156 g/mol. The Kier molecular flexibility index (Phi) is 2.91. The van der Waals surface area contributed by atoms with Crippen LogP contribution in [-0.2, 0) is 11.2 Å². The van der Waals surface area contributed by atoms with Gasteiger partial charge in [-0.15, -0.1) is 0 Å². The van der Waals surface area contributed by atoms with Crippen molar-refractivity contribution >= 4 is 5.97 Å². The number of hydrogen-bond donors (Lipinski definition) is 1. The van der Waals surface area contributed by atoms with Crippen molar-refractivity contribution in [2.45, 2.75) is 19.8 Å². The van der Waals surface area contributed by atoms with Gasteiger partial charge in [-0.2, -0.15) is 0 Å². The minimum atomic E-state index is -0.749. The number of aliphatic carboxylic acids is 1. The highest BCUT2D eigenvalue weighted by molar-refractivity contribution is 5.69. The lowest BCUT2D eigenvalue weighted by Crippen LogP contribution is -2.09. The highest BCUT2D eigenvalue weighted by Crippen LogP contribution is 2.09. The van der Waals surface area contributed by atoms with Crippen molar-refractivity contribution in [3.05, 3.63) is 24.2 Å². The predicted octanol–water partition coefficient (Wildman–Crippen LogP) is 1.93. The zero-order valence-electron chi connectivity index (χ0n) is 6.99. The van der Waals surface area contributed by atoms with Crippen LogP contribution in [0, 0.1) is 5.92 Å². The first kappa shape index (κ1) is 8.84. The van der Waals surface area contributed by atoms with Crippen molar-refractivity contribution in [2.75, 3.05) is 0 Å². The second kappa shape index (κ2) is 3.95. The van der Waals surface area contributed by atoms with E-state index in [4.69, 9.17) is 9.52 Å². The van der Waals surface area contributed by atoms with Gasteiger partial charge < -0.3 is 9.52 Å². The van der Waals surface area contributed by atoms with E-state index < -0.39 is 5.97 Å². The molecule has 0 spiro atoms. The molecule has 1 unspecified atom stereocenters. The monoisotopic (exact) mass is 168 g/mol.